The van der Waals surface area contributed by atoms with E-state index in [1.54, 1.807) is 12.0 Å². The van der Waals surface area contributed by atoms with Gasteiger partial charge in [-0.2, -0.15) is 13.2 Å². The van der Waals surface area contributed by atoms with Gasteiger partial charge in [0, 0.05) is 76.4 Å². The smallest absolute Gasteiger partial charge is 0.416 e. The molecule has 3 aromatic carbocycles. The van der Waals surface area contributed by atoms with Crippen molar-refractivity contribution in [2.75, 3.05) is 65.0 Å². The van der Waals surface area contributed by atoms with Crippen LogP contribution in [0.2, 0.25) is 0 Å². The molecule has 3 aliphatic rings. The summed E-state index contributed by atoms with van der Waals surface area (Å²) in [4.78, 5) is 32.2. The van der Waals surface area contributed by atoms with Gasteiger partial charge < -0.3 is 19.3 Å². The first-order chi connectivity index (χ1) is 23.9. The van der Waals surface area contributed by atoms with Gasteiger partial charge in [-0.25, -0.2) is 4.39 Å². The van der Waals surface area contributed by atoms with Crippen molar-refractivity contribution < 1.29 is 36.6 Å². The fourth-order valence-corrected chi connectivity index (χ4v) is 8.12. The second-order valence-electron chi connectivity index (χ2n) is 14.1. The highest BCUT2D eigenvalue weighted by atomic mass is 19.4. The minimum absolute atomic E-state index is 0.0734. The number of hydrogen-bond donors (Lipinski definition) is 0. The Morgan fingerprint density at radius 3 is 2.26 bits per heavy atom. The molecule has 0 saturated carbocycles. The molecule has 0 aromatic heterocycles. The number of nitrogens with zero attached hydrogens (tertiary/aromatic N) is 3. The molecule has 0 N–H and O–H groups in total. The third-order valence-corrected chi connectivity index (χ3v) is 10.8. The number of piperidine rings is 1. The van der Waals surface area contributed by atoms with Crippen molar-refractivity contribution in [1.82, 2.24) is 9.80 Å². The quantitative estimate of drug-likeness (QED) is 0.186. The molecule has 4 atom stereocenters. The van der Waals surface area contributed by atoms with Crippen LogP contribution < -0.4 is 4.90 Å². The minimum atomic E-state index is -4.55. The molecule has 0 bridgehead atoms. The molecule has 0 radical (unpaired) electrons. The summed E-state index contributed by atoms with van der Waals surface area (Å²) < 4.78 is 70.2. The largest absolute Gasteiger partial charge is 0.469 e. The topological polar surface area (TPSA) is 62.3 Å². The van der Waals surface area contributed by atoms with E-state index in [0.29, 0.717) is 50.3 Å². The Morgan fingerprint density at radius 1 is 0.920 bits per heavy atom. The summed E-state index contributed by atoms with van der Waals surface area (Å²) >= 11 is 0. The average Bonchev–Trinajstić information content (AvgIpc) is 3.69. The number of anilines is 1. The summed E-state index contributed by atoms with van der Waals surface area (Å²) in [7, 11) is 2.88. The molecule has 11 heteroatoms. The number of carbonyl (C=O) groups excluding carboxylic acids is 2. The van der Waals surface area contributed by atoms with E-state index in [-0.39, 0.29) is 44.0 Å². The van der Waals surface area contributed by atoms with E-state index in [1.165, 1.54) is 19.2 Å². The normalized spacial score (nSPS) is 24.9. The van der Waals surface area contributed by atoms with Gasteiger partial charge in [0.25, 0.3) is 5.91 Å². The Kier molecular flexibility index (Phi) is 10.6. The van der Waals surface area contributed by atoms with Crippen LogP contribution in [0.15, 0.2) is 72.8 Å². The SMILES string of the molecule is COC[C@H]1CN(C(=O)[C@]2(F)CN(Cc3ccccc3)C[C@H]2c2ccc(C)cc2)C[C@@H]1c1ccc(C(F)(F)F)cc1N1CCC(C(=O)OC)CC1. The molecule has 3 saturated heterocycles. The molecular weight excluding hydrogens is 650 g/mol. The Bertz CT molecular complexity index is 1650. The van der Waals surface area contributed by atoms with Crippen LogP contribution in [0.4, 0.5) is 23.2 Å². The molecule has 0 aliphatic carbocycles. The third-order valence-electron chi connectivity index (χ3n) is 10.8. The molecule has 7 nitrogen and oxygen atoms in total. The predicted molar refractivity (Wildman–Crippen MR) is 183 cm³/mol. The summed E-state index contributed by atoms with van der Waals surface area (Å²) in [5.41, 5.74) is 0.919. The van der Waals surface area contributed by atoms with E-state index in [1.807, 2.05) is 71.3 Å². The van der Waals surface area contributed by atoms with E-state index in [4.69, 9.17) is 9.47 Å². The van der Waals surface area contributed by atoms with Gasteiger partial charge >= 0.3 is 12.1 Å². The summed E-state index contributed by atoms with van der Waals surface area (Å²) in [6.45, 7) is 4.12. The van der Waals surface area contributed by atoms with Crippen LogP contribution in [-0.2, 0) is 31.8 Å². The molecule has 6 rings (SSSR count). The van der Waals surface area contributed by atoms with E-state index < -0.39 is 35.2 Å². The first kappa shape index (κ1) is 35.9. The molecule has 0 spiro atoms. The van der Waals surface area contributed by atoms with Crippen LogP contribution in [0, 0.1) is 18.8 Å². The van der Waals surface area contributed by atoms with Crippen LogP contribution in [0.3, 0.4) is 0 Å². The summed E-state index contributed by atoms with van der Waals surface area (Å²) in [5, 5.41) is 0. The zero-order chi connectivity index (χ0) is 35.6. The highest BCUT2D eigenvalue weighted by Crippen LogP contribution is 2.46. The van der Waals surface area contributed by atoms with Crippen LogP contribution in [0.25, 0.3) is 0 Å². The summed E-state index contributed by atoms with van der Waals surface area (Å²) in [6.07, 6.45) is -3.66. The van der Waals surface area contributed by atoms with Crippen molar-refractivity contribution in [3.8, 4) is 0 Å². The lowest BCUT2D eigenvalue weighted by atomic mass is 9.85. The van der Waals surface area contributed by atoms with E-state index in [2.05, 4.69) is 0 Å². The summed E-state index contributed by atoms with van der Waals surface area (Å²) in [6, 6.07) is 21.2. The fraction of sp³-hybridized carbons (Fsp3) is 0.487. The molecule has 3 aromatic rings. The van der Waals surface area contributed by atoms with Gasteiger partial charge in [0.2, 0.25) is 5.67 Å². The number of hydrogen-bond acceptors (Lipinski definition) is 6. The van der Waals surface area contributed by atoms with Gasteiger partial charge in [0.1, 0.15) is 0 Å². The average molecular weight is 696 g/mol. The molecule has 3 heterocycles. The number of alkyl halides is 4. The Hall–Kier alpha value is -3.96. The van der Waals surface area contributed by atoms with Gasteiger partial charge in [-0.3, -0.25) is 14.5 Å². The lowest BCUT2D eigenvalue weighted by Gasteiger charge is -2.35. The van der Waals surface area contributed by atoms with Gasteiger partial charge in [0.05, 0.1) is 25.2 Å². The molecule has 0 unspecified atom stereocenters. The number of esters is 1. The number of carbonyl (C=O) groups is 2. The number of likely N-dealkylation sites (tertiary alicyclic amines) is 2. The highest BCUT2D eigenvalue weighted by Gasteiger charge is 2.56. The van der Waals surface area contributed by atoms with Crippen molar-refractivity contribution in [3.63, 3.8) is 0 Å². The van der Waals surface area contributed by atoms with Gasteiger partial charge in [-0.15, -0.1) is 0 Å². The predicted octanol–water partition coefficient (Wildman–Crippen LogP) is 6.60. The number of aryl methyl sites for hydroxylation is 1. The molecule has 1 amide bonds. The van der Waals surface area contributed by atoms with Crippen molar-refractivity contribution >= 4 is 17.6 Å². The first-order valence-corrected chi connectivity index (χ1v) is 17.2. The van der Waals surface area contributed by atoms with Crippen molar-refractivity contribution in [1.29, 1.82) is 0 Å². The molecule has 3 fully saturated rings. The maximum atomic E-state index is 17.7. The number of benzene rings is 3. The van der Waals surface area contributed by atoms with Gasteiger partial charge in [-0.05, 0) is 48.6 Å². The number of halogens is 4. The Morgan fingerprint density at radius 2 is 1.62 bits per heavy atom. The van der Waals surface area contributed by atoms with Gasteiger partial charge in [0.15, 0.2) is 0 Å². The standard InChI is InChI=1S/C39H45F4N3O4/c1-26-9-11-28(12-10-26)34-23-44(20-27-7-5-4-6-8-27)25-38(34,40)37(48)46-21-30(24-49-2)33(22-46)32-14-13-31(39(41,42)43)19-35(32)45-17-15-29(16-18-45)36(47)50-3/h4-14,19,29-30,33-34H,15-18,20-25H2,1-3H3/t30-,33+,34+,38+/m1/s1. The number of methoxy groups -OCH3 is 2. The molecule has 50 heavy (non-hydrogen) atoms. The number of ether oxygens (including phenoxy) is 2. The second-order valence-corrected chi connectivity index (χ2v) is 14.1. The maximum absolute atomic E-state index is 17.7. The fourth-order valence-electron chi connectivity index (χ4n) is 8.12. The van der Waals surface area contributed by atoms with Crippen LogP contribution in [0.1, 0.15) is 52.5 Å². The lowest BCUT2D eigenvalue weighted by molar-refractivity contribution is -0.146. The monoisotopic (exact) mass is 695 g/mol. The van der Waals surface area contributed by atoms with Crippen LogP contribution in [0.5, 0.6) is 0 Å². The minimum Gasteiger partial charge on any atom is -0.469 e. The van der Waals surface area contributed by atoms with Crippen molar-refractivity contribution in [3.05, 3.63) is 101 Å². The third kappa shape index (κ3) is 7.39. The second kappa shape index (κ2) is 14.7. The van der Waals surface area contributed by atoms with E-state index in [9.17, 15) is 22.8 Å². The maximum Gasteiger partial charge on any atom is 0.416 e. The molecule has 268 valence electrons. The first-order valence-electron chi connectivity index (χ1n) is 17.2. The van der Waals surface area contributed by atoms with Crippen LogP contribution >= 0.6 is 0 Å². The Labute approximate surface area is 291 Å². The van der Waals surface area contributed by atoms with Crippen LogP contribution in [-0.4, -0.2) is 87.4 Å². The van der Waals surface area contributed by atoms with E-state index >= 15 is 4.39 Å². The lowest BCUT2D eigenvalue weighted by Crippen LogP contribution is -2.50. The number of rotatable bonds is 9. The number of amides is 1. The Balaban J connectivity index is 1.31. The van der Waals surface area contributed by atoms with Gasteiger partial charge in [-0.1, -0.05) is 66.2 Å². The highest BCUT2D eigenvalue weighted by molar-refractivity contribution is 5.88. The zero-order valence-electron chi connectivity index (χ0n) is 28.8. The molecule has 3 aliphatic heterocycles. The van der Waals surface area contributed by atoms with Crippen molar-refractivity contribution in [2.24, 2.45) is 11.8 Å². The van der Waals surface area contributed by atoms with E-state index in [0.717, 1.165) is 22.8 Å². The molecular formula is C39H45F4N3O4. The van der Waals surface area contributed by atoms with Crippen molar-refractivity contribution in [2.45, 2.75) is 50.0 Å². The zero-order valence-corrected chi connectivity index (χ0v) is 28.8. The summed E-state index contributed by atoms with van der Waals surface area (Å²) in [5.74, 6) is -2.60.